The molecule has 2 nitrogen and oxygen atoms in total. The largest absolute Gasteiger partial charge is 0.395 e. The van der Waals surface area contributed by atoms with E-state index in [1.165, 1.54) is 18.5 Å². The van der Waals surface area contributed by atoms with Gasteiger partial charge in [0.05, 0.1) is 9.49 Å². The molecule has 0 saturated carbocycles. The van der Waals surface area contributed by atoms with E-state index in [9.17, 15) is 0 Å². The molecule has 0 radical (unpaired) electrons. The maximum Gasteiger partial charge on any atom is 0.0698 e. The molecule has 1 aromatic heterocycles. The van der Waals surface area contributed by atoms with E-state index < -0.39 is 0 Å². The maximum absolute atomic E-state index is 8.97. The molecule has 1 aromatic carbocycles. The lowest BCUT2D eigenvalue weighted by Crippen LogP contribution is -2.26. The van der Waals surface area contributed by atoms with Crippen molar-refractivity contribution in [1.82, 2.24) is 0 Å². The Labute approximate surface area is 106 Å². The van der Waals surface area contributed by atoms with Crippen molar-refractivity contribution in [2.75, 3.05) is 6.61 Å². The molecule has 2 rings (SSSR count). The summed E-state index contributed by atoms with van der Waals surface area (Å²) in [6.07, 6.45) is 0.749. The first-order valence-electron chi connectivity index (χ1n) is 4.74. The molecule has 1 heterocycles. The van der Waals surface area contributed by atoms with Gasteiger partial charge in [0.15, 0.2) is 0 Å². The highest BCUT2D eigenvalue weighted by molar-refractivity contribution is 14.1. The second kappa shape index (κ2) is 4.78. The number of nitrogens with two attached hydrogens (primary N) is 1. The van der Waals surface area contributed by atoms with Crippen LogP contribution in [-0.4, -0.2) is 17.8 Å². The summed E-state index contributed by atoms with van der Waals surface area (Å²) in [5.41, 5.74) is 7.05. The number of benzene rings is 1. The van der Waals surface area contributed by atoms with Gasteiger partial charge < -0.3 is 10.8 Å². The Balaban J connectivity index is 2.45. The predicted octanol–water partition coefficient (Wildman–Crippen LogP) is 2.37. The zero-order chi connectivity index (χ0) is 10.8. The van der Waals surface area contributed by atoms with Crippen LogP contribution in [0.4, 0.5) is 0 Å². The second-order valence-electron chi connectivity index (χ2n) is 3.50. The summed E-state index contributed by atoms with van der Waals surface area (Å²) >= 11 is 4.13. The summed E-state index contributed by atoms with van der Waals surface area (Å²) in [5, 5.41) is 10.2. The number of aliphatic hydroxyl groups is 1. The molecule has 2 aromatic rings. The van der Waals surface area contributed by atoms with Crippen molar-refractivity contribution in [2.45, 2.75) is 12.5 Å². The summed E-state index contributed by atoms with van der Waals surface area (Å²) in [5.74, 6) is 0. The first-order valence-corrected chi connectivity index (χ1v) is 6.64. The minimum atomic E-state index is -0.156. The molecular formula is C11H12INOS. The summed E-state index contributed by atoms with van der Waals surface area (Å²) < 4.78 is 2.57. The van der Waals surface area contributed by atoms with Crippen LogP contribution < -0.4 is 5.73 Å². The van der Waals surface area contributed by atoms with Gasteiger partial charge in [-0.3, -0.25) is 0 Å². The minimum absolute atomic E-state index is 0.0419. The Morgan fingerprint density at radius 3 is 2.87 bits per heavy atom. The third kappa shape index (κ3) is 2.33. The van der Waals surface area contributed by atoms with E-state index in [1.54, 1.807) is 11.3 Å². The fourth-order valence-corrected chi connectivity index (χ4v) is 3.77. The lowest BCUT2D eigenvalue weighted by atomic mass is 10.1. The summed E-state index contributed by atoms with van der Waals surface area (Å²) in [6.45, 7) is 0.0419. The van der Waals surface area contributed by atoms with Crippen LogP contribution in [0.5, 0.6) is 0 Å². The Hall–Kier alpha value is -0.170. The molecule has 3 N–H and O–H groups in total. The van der Waals surface area contributed by atoms with E-state index in [4.69, 9.17) is 10.8 Å². The lowest BCUT2D eigenvalue weighted by molar-refractivity contribution is 0.265. The van der Waals surface area contributed by atoms with E-state index in [0.717, 1.165) is 6.42 Å². The maximum atomic E-state index is 8.97. The van der Waals surface area contributed by atoms with Gasteiger partial charge in [0.2, 0.25) is 0 Å². The van der Waals surface area contributed by atoms with Crippen LogP contribution in [0.3, 0.4) is 0 Å². The number of aliphatic hydroxyl groups excluding tert-OH is 1. The van der Waals surface area contributed by atoms with Crippen LogP contribution in [0, 0.1) is 2.88 Å². The molecule has 0 amide bonds. The van der Waals surface area contributed by atoms with Crippen LogP contribution in [-0.2, 0) is 6.42 Å². The normalized spacial score (nSPS) is 13.3. The van der Waals surface area contributed by atoms with Crippen molar-refractivity contribution in [3.05, 3.63) is 32.7 Å². The van der Waals surface area contributed by atoms with Gasteiger partial charge in [0.25, 0.3) is 0 Å². The molecule has 0 bridgehead atoms. The standard InChI is InChI=1S/C11H12INOS/c12-11-9(5-7(13)6-14)8-3-1-2-4-10(8)15-11/h1-4,7,14H,5-6,13H2. The molecule has 0 aliphatic carbocycles. The molecule has 15 heavy (non-hydrogen) atoms. The van der Waals surface area contributed by atoms with Gasteiger partial charge in [-0.15, -0.1) is 11.3 Å². The van der Waals surface area contributed by atoms with Crippen molar-refractivity contribution in [3.63, 3.8) is 0 Å². The second-order valence-corrected chi connectivity index (χ2v) is 6.36. The van der Waals surface area contributed by atoms with E-state index in [2.05, 4.69) is 34.7 Å². The van der Waals surface area contributed by atoms with Gasteiger partial charge >= 0.3 is 0 Å². The third-order valence-corrected chi connectivity index (χ3v) is 4.66. The van der Waals surface area contributed by atoms with Gasteiger partial charge in [-0.2, -0.15) is 0 Å². The minimum Gasteiger partial charge on any atom is -0.395 e. The molecule has 1 unspecified atom stereocenters. The summed E-state index contributed by atoms with van der Waals surface area (Å²) in [7, 11) is 0. The first kappa shape index (κ1) is 11.3. The van der Waals surface area contributed by atoms with Crippen LogP contribution in [0.15, 0.2) is 24.3 Å². The number of hydrogen-bond donors (Lipinski definition) is 2. The van der Waals surface area contributed by atoms with Crippen LogP contribution >= 0.6 is 33.9 Å². The quantitative estimate of drug-likeness (QED) is 0.847. The smallest absolute Gasteiger partial charge is 0.0698 e. The molecule has 0 saturated heterocycles. The molecule has 4 heteroatoms. The van der Waals surface area contributed by atoms with Crippen molar-refractivity contribution in [2.24, 2.45) is 5.73 Å². The van der Waals surface area contributed by atoms with Gasteiger partial charge in [-0.1, -0.05) is 18.2 Å². The molecule has 0 spiro atoms. The molecule has 0 fully saturated rings. The molecule has 0 aliphatic rings. The average molecular weight is 333 g/mol. The van der Waals surface area contributed by atoms with Gasteiger partial charge in [0.1, 0.15) is 0 Å². The molecule has 1 atom stereocenters. The van der Waals surface area contributed by atoms with Gasteiger partial charge in [-0.05, 0) is 46.0 Å². The highest BCUT2D eigenvalue weighted by atomic mass is 127. The number of hydrogen-bond acceptors (Lipinski definition) is 3. The fraction of sp³-hybridized carbons (Fsp3) is 0.273. The topological polar surface area (TPSA) is 46.2 Å². The Morgan fingerprint density at radius 1 is 1.40 bits per heavy atom. The molecule has 80 valence electrons. The van der Waals surface area contributed by atoms with E-state index in [-0.39, 0.29) is 12.6 Å². The highest BCUT2D eigenvalue weighted by Crippen LogP contribution is 2.32. The monoisotopic (exact) mass is 333 g/mol. The SMILES string of the molecule is NC(CO)Cc1c(I)sc2ccccc12. The zero-order valence-electron chi connectivity index (χ0n) is 8.11. The summed E-state index contributed by atoms with van der Waals surface area (Å²) in [4.78, 5) is 0. The van der Waals surface area contributed by atoms with Crippen LogP contribution in [0.25, 0.3) is 10.1 Å². The van der Waals surface area contributed by atoms with Gasteiger partial charge in [-0.25, -0.2) is 0 Å². The lowest BCUT2D eigenvalue weighted by Gasteiger charge is -2.07. The number of thiophene rings is 1. The number of halogens is 1. The van der Waals surface area contributed by atoms with Gasteiger partial charge in [0, 0.05) is 10.7 Å². The third-order valence-electron chi connectivity index (χ3n) is 2.35. The zero-order valence-corrected chi connectivity index (χ0v) is 11.1. The van der Waals surface area contributed by atoms with Crippen molar-refractivity contribution >= 4 is 44.0 Å². The Morgan fingerprint density at radius 2 is 2.13 bits per heavy atom. The molecular weight excluding hydrogens is 321 g/mol. The van der Waals surface area contributed by atoms with Crippen LogP contribution in [0.2, 0.25) is 0 Å². The Kier molecular flexibility index (Phi) is 3.60. The predicted molar refractivity (Wildman–Crippen MR) is 73.3 cm³/mol. The number of fused-ring (bicyclic) bond motifs is 1. The Bertz CT molecular complexity index is 469. The van der Waals surface area contributed by atoms with Crippen molar-refractivity contribution < 1.29 is 5.11 Å². The van der Waals surface area contributed by atoms with E-state index in [0.29, 0.717) is 0 Å². The van der Waals surface area contributed by atoms with Crippen molar-refractivity contribution in [1.29, 1.82) is 0 Å². The molecule has 0 aliphatic heterocycles. The van der Waals surface area contributed by atoms with E-state index in [1.807, 2.05) is 12.1 Å². The average Bonchev–Trinajstić information content (AvgIpc) is 2.55. The fourth-order valence-electron chi connectivity index (χ4n) is 1.59. The van der Waals surface area contributed by atoms with Crippen LogP contribution in [0.1, 0.15) is 5.56 Å². The summed E-state index contributed by atoms with van der Waals surface area (Å²) in [6, 6.07) is 8.17. The van der Waals surface area contributed by atoms with E-state index >= 15 is 0 Å². The first-order chi connectivity index (χ1) is 7.22. The highest BCUT2D eigenvalue weighted by Gasteiger charge is 2.12. The van der Waals surface area contributed by atoms with Crippen molar-refractivity contribution in [3.8, 4) is 0 Å². The number of rotatable bonds is 3.